The fourth-order valence-corrected chi connectivity index (χ4v) is 4.85. The standard InChI is InChI=1S/C25H30N2O5/c1-29-20-7-3-18(4-8-20)22-17-23(26-27(22)19-5-9-21(30-2)10-6-19)24(28)11-13-25(14-12-24)31-15-16-32-25/h3-10,17,23,26,28H,11-16H2,1-2H3. The third-order valence-electron chi connectivity index (χ3n) is 6.82. The van der Waals surface area contributed by atoms with Crippen LogP contribution in [0.15, 0.2) is 54.6 Å². The number of hydrazine groups is 1. The van der Waals surface area contributed by atoms with Crippen LogP contribution in [0, 0.1) is 0 Å². The molecule has 32 heavy (non-hydrogen) atoms. The summed E-state index contributed by atoms with van der Waals surface area (Å²) in [4.78, 5) is 0. The Morgan fingerprint density at radius 2 is 1.44 bits per heavy atom. The highest BCUT2D eigenvalue weighted by atomic mass is 16.7. The lowest BCUT2D eigenvalue weighted by atomic mass is 9.77. The smallest absolute Gasteiger partial charge is 0.168 e. The first-order valence-corrected chi connectivity index (χ1v) is 11.1. The van der Waals surface area contributed by atoms with Crippen LogP contribution < -0.4 is 19.9 Å². The maximum absolute atomic E-state index is 11.6. The third kappa shape index (κ3) is 3.86. The average Bonchev–Trinajstić information content (AvgIpc) is 3.50. The molecule has 1 saturated carbocycles. The highest BCUT2D eigenvalue weighted by Crippen LogP contribution is 2.44. The number of hydrogen-bond donors (Lipinski definition) is 2. The Balaban J connectivity index is 1.44. The normalized spacial score (nSPS) is 23.9. The molecular formula is C25H30N2O5. The minimum absolute atomic E-state index is 0.236. The van der Waals surface area contributed by atoms with Crippen molar-refractivity contribution in [3.05, 3.63) is 60.2 Å². The van der Waals surface area contributed by atoms with Gasteiger partial charge in [-0.2, -0.15) is 0 Å². The van der Waals surface area contributed by atoms with Crippen molar-refractivity contribution in [2.45, 2.75) is 43.1 Å². The molecule has 1 saturated heterocycles. The second kappa shape index (κ2) is 8.41. The number of hydrogen-bond acceptors (Lipinski definition) is 7. The molecule has 1 aliphatic carbocycles. The van der Waals surface area contributed by atoms with Gasteiger partial charge >= 0.3 is 0 Å². The summed E-state index contributed by atoms with van der Waals surface area (Å²) in [7, 11) is 3.32. The highest BCUT2D eigenvalue weighted by Gasteiger charge is 2.50. The van der Waals surface area contributed by atoms with Gasteiger partial charge in [0.1, 0.15) is 11.5 Å². The van der Waals surface area contributed by atoms with E-state index in [1.807, 2.05) is 53.5 Å². The van der Waals surface area contributed by atoms with Gasteiger partial charge in [0.25, 0.3) is 0 Å². The molecule has 2 fully saturated rings. The van der Waals surface area contributed by atoms with Gasteiger partial charge in [0.15, 0.2) is 5.79 Å². The van der Waals surface area contributed by atoms with Crippen LogP contribution in [0.4, 0.5) is 5.69 Å². The highest BCUT2D eigenvalue weighted by molar-refractivity contribution is 5.81. The van der Waals surface area contributed by atoms with E-state index in [-0.39, 0.29) is 6.04 Å². The number of methoxy groups -OCH3 is 2. The van der Waals surface area contributed by atoms with Gasteiger partial charge in [-0.15, -0.1) is 0 Å². The van der Waals surface area contributed by atoms with Gasteiger partial charge in [-0.25, -0.2) is 5.43 Å². The molecule has 1 unspecified atom stereocenters. The molecule has 7 heteroatoms. The zero-order valence-electron chi connectivity index (χ0n) is 18.5. The molecule has 0 radical (unpaired) electrons. The number of nitrogens with one attached hydrogen (secondary N) is 1. The topological polar surface area (TPSA) is 72.4 Å². The van der Waals surface area contributed by atoms with E-state index in [0.717, 1.165) is 28.4 Å². The van der Waals surface area contributed by atoms with Gasteiger partial charge in [0.05, 0.1) is 50.5 Å². The first-order valence-electron chi connectivity index (χ1n) is 11.1. The van der Waals surface area contributed by atoms with Crippen molar-refractivity contribution in [2.24, 2.45) is 0 Å². The lowest BCUT2D eigenvalue weighted by molar-refractivity contribution is -0.204. The summed E-state index contributed by atoms with van der Waals surface area (Å²) in [5.74, 6) is 1.09. The fourth-order valence-electron chi connectivity index (χ4n) is 4.85. The van der Waals surface area contributed by atoms with Crippen molar-refractivity contribution in [1.82, 2.24) is 5.43 Å². The van der Waals surface area contributed by atoms with Crippen LogP contribution in [-0.2, 0) is 9.47 Å². The van der Waals surface area contributed by atoms with Gasteiger partial charge in [-0.3, -0.25) is 5.01 Å². The summed E-state index contributed by atoms with van der Waals surface area (Å²) >= 11 is 0. The van der Waals surface area contributed by atoms with Crippen molar-refractivity contribution in [3.63, 3.8) is 0 Å². The number of aliphatic hydroxyl groups is 1. The van der Waals surface area contributed by atoms with E-state index in [4.69, 9.17) is 18.9 Å². The molecule has 7 nitrogen and oxygen atoms in total. The molecule has 1 atom stereocenters. The Hall–Kier alpha value is -2.58. The second-order valence-electron chi connectivity index (χ2n) is 8.63. The molecule has 0 bridgehead atoms. The largest absolute Gasteiger partial charge is 0.497 e. The maximum atomic E-state index is 11.6. The van der Waals surface area contributed by atoms with Crippen molar-refractivity contribution in [1.29, 1.82) is 0 Å². The average molecular weight is 439 g/mol. The predicted molar refractivity (Wildman–Crippen MR) is 121 cm³/mol. The molecule has 2 aromatic rings. The van der Waals surface area contributed by atoms with E-state index < -0.39 is 11.4 Å². The van der Waals surface area contributed by atoms with Crippen LogP contribution in [0.1, 0.15) is 31.2 Å². The first kappa shape index (κ1) is 21.3. The summed E-state index contributed by atoms with van der Waals surface area (Å²) in [5, 5.41) is 13.7. The lowest BCUT2D eigenvalue weighted by Crippen LogP contribution is -2.55. The first-order chi connectivity index (χ1) is 15.5. The van der Waals surface area contributed by atoms with Gasteiger partial charge in [-0.1, -0.05) is 0 Å². The van der Waals surface area contributed by atoms with Gasteiger partial charge in [-0.05, 0) is 73.0 Å². The molecule has 1 spiro atoms. The van der Waals surface area contributed by atoms with E-state index >= 15 is 0 Å². The molecule has 2 N–H and O–H groups in total. The molecule has 5 rings (SSSR count). The van der Waals surface area contributed by atoms with Crippen molar-refractivity contribution in [3.8, 4) is 11.5 Å². The summed E-state index contributed by atoms with van der Waals surface area (Å²) < 4.78 is 22.4. The van der Waals surface area contributed by atoms with Gasteiger partial charge in [0, 0.05) is 12.8 Å². The Kier molecular flexibility index (Phi) is 5.59. The Morgan fingerprint density at radius 3 is 2.00 bits per heavy atom. The number of anilines is 1. The predicted octanol–water partition coefficient (Wildman–Crippen LogP) is 3.49. The minimum Gasteiger partial charge on any atom is -0.497 e. The number of ether oxygens (including phenoxy) is 4. The SMILES string of the molecule is COc1ccc(C2=CC(C3(O)CCC4(CC3)OCCO4)NN2c2ccc(OC)cc2)cc1. The van der Waals surface area contributed by atoms with Crippen LogP contribution in [0.3, 0.4) is 0 Å². The van der Waals surface area contributed by atoms with Crippen LogP contribution in [-0.4, -0.2) is 50.0 Å². The summed E-state index contributed by atoms with van der Waals surface area (Å²) in [6.07, 6.45) is 4.72. The van der Waals surface area contributed by atoms with Crippen LogP contribution in [0.2, 0.25) is 0 Å². The fraction of sp³-hybridized carbons (Fsp3) is 0.440. The zero-order chi connectivity index (χ0) is 22.2. The van der Waals surface area contributed by atoms with Crippen molar-refractivity contribution in [2.75, 3.05) is 32.4 Å². The van der Waals surface area contributed by atoms with E-state index in [0.29, 0.717) is 38.9 Å². The van der Waals surface area contributed by atoms with E-state index in [9.17, 15) is 5.11 Å². The molecule has 170 valence electrons. The van der Waals surface area contributed by atoms with Crippen LogP contribution >= 0.6 is 0 Å². The van der Waals surface area contributed by atoms with Crippen molar-refractivity contribution < 1.29 is 24.1 Å². The van der Waals surface area contributed by atoms with Crippen molar-refractivity contribution >= 4 is 11.4 Å². The summed E-state index contributed by atoms with van der Waals surface area (Å²) in [6.45, 7) is 1.26. The van der Waals surface area contributed by atoms with E-state index in [2.05, 4.69) is 11.5 Å². The Bertz CT molecular complexity index is 957. The zero-order valence-corrected chi connectivity index (χ0v) is 18.5. The molecule has 0 aromatic heterocycles. The van der Waals surface area contributed by atoms with E-state index in [1.165, 1.54) is 0 Å². The molecule has 3 aliphatic rings. The quantitative estimate of drug-likeness (QED) is 0.740. The van der Waals surface area contributed by atoms with Crippen LogP contribution in [0.5, 0.6) is 11.5 Å². The van der Waals surface area contributed by atoms with Gasteiger partial charge < -0.3 is 24.1 Å². The minimum atomic E-state index is -0.889. The summed E-state index contributed by atoms with van der Waals surface area (Å²) in [5.41, 5.74) is 5.65. The molecule has 2 aromatic carbocycles. The maximum Gasteiger partial charge on any atom is 0.168 e. The molecule has 0 amide bonds. The Labute approximate surface area is 188 Å². The Morgan fingerprint density at radius 1 is 0.875 bits per heavy atom. The van der Waals surface area contributed by atoms with E-state index in [1.54, 1.807) is 14.2 Å². The molecule has 2 heterocycles. The number of nitrogens with zero attached hydrogens (tertiary/aromatic N) is 1. The number of benzene rings is 2. The molecule has 2 aliphatic heterocycles. The monoisotopic (exact) mass is 438 g/mol. The third-order valence-corrected chi connectivity index (χ3v) is 6.82. The van der Waals surface area contributed by atoms with Crippen LogP contribution in [0.25, 0.3) is 5.70 Å². The summed E-state index contributed by atoms with van der Waals surface area (Å²) in [6, 6.07) is 15.6. The second-order valence-corrected chi connectivity index (χ2v) is 8.63. The number of rotatable bonds is 5. The lowest BCUT2D eigenvalue weighted by Gasteiger charge is -2.43. The molecular weight excluding hydrogens is 408 g/mol. The van der Waals surface area contributed by atoms with Gasteiger partial charge in [0.2, 0.25) is 0 Å².